The first-order valence-corrected chi connectivity index (χ1v) is 8.63. The Morgan fingerprint density at radius 1 is 0.360 bits per heavy atom. The van der Waals surface area contributed by atoms with Crippen LogP contribution in [0.25, 0.3) is 33.4 Å². The molecule has 0 heteroatoms. The van der Waals surface area contributed by atoms with Crippen molar-refractivity contribution >= 4 is 0 Å². The molecular formula is C25H20. The molecule has 0 heterocycles. The zero-order valence-electron chi connectivity index (χ0n) is 14.3. The van der Waals surface area contributed by atoms with Gasteiger partial charge in [-0.05, 0) is 45.9 Å². The highest BCUT2D eigenvalue weighted by Crippen LogP contribution is 2.28. The minimum atomic E-state index is 1.25. The van der Waals surface area contributed by atoms with Gasteiger partial charge in [0.25, 0.3) is 0 Å². The zero-order valence-corrected chi connectivity index (χ0v) is 14.3. The number of rotatable bonds is 3. The lowest BCUT2D eigenvalue weighted by Crippen LogP contribution is -1.84. The van der Waals surface area contributed by atoms with E-state index in [0.29, 0.717) is 0 Å². The van der Waals surface area contributed by atoms with Crippen LogP contribution < -0.4 is 0 Å². The molecule has 4 aromatic carbocycles. The maximum Gasteiger partial charge on any atom is -0.0155 e. The van der Waals surface area contributed by atoms with Crippen LogP contribution in [-0.2, 0) is 0 Å². The third-order valence-corrected chi connectivity index (χ3v) is 4.67. The van der Waals surface area contributed by atoms with Gasteiger partial charge in [-0.1, -0.05) is 103 Å². The first-order chi connectivity index (χ1) is 12.3. The van der Waals surface area contributed by atoms with Crippen LogP contribution in [-0.4, -0.2) is 0 Å². The van der Waals surface area contributed by atoms with Crippen LogP contribution in [0.4, 0.5) is 0 Å². The second kappa shape index (κ2) is 6.78. The second-order valence-electron chi connectivity index (χ2n) is 6.34. The van der Waals surface area contributed by atoms with Crippen LogP contribution >= 0.6 is 0 Å². The summed E-state index contributed by atoms with van der Waals surface area (Å²) < 4.78 is 0. The van der Waals surface area contributed by atoms with E-state index in [0.717, 1.165) is 0 Å². The highest BCUT2D eigenvalue weighted by Gasteiger charge is 2.03. The Morgan fingerprint density at radius 3 is 1.28 bits per heavy atom. The molecule has 0 atom stereocenters. The van der Waals surface area contributed by atoms with Crippen molar-refractivity contribution in [1.82, 2.24) is 0 Å². The molecule has 0 bridgehead atoms. The fourth-order valence-electron chi connectivity index (χ4n) is 3.22. The Labute approximate surface area is 149 Å². The molecule has 0 unspecified atom stereocenters. The molecule has 0 N–H and O–H groups in total. The van der Waals surface area contributed by atoms with E-state index in [1.807, 2.05) is 6.07 Å². The normalized spacial score (nSPS) is 10.6. The maximum absolute atomic E-state index is 2.21. The van der Waals surface area contributed by atoms with Crippen LogP contribution in [0.1, 0.15) is 5.56 Å². The summed E-state index contributed by atoms with van der Waals surface area (Å²) in [5.41, 5.74) is 8.87. The van der Waals surface area contributed by atoms with Crippen molar-refractivity contribution < 1.29 is 0 Å². The molecule has 4 aromatic rings. The molecule has 0 saturated carbocycles. The van der Waals surface area contributed by atoms with Gasteiger partial charge in [-0.15, -0.1) is 0 Å². The first-order valence-electron chi connectivity index (χ1n) is 8.63. The van der Waals surface area contributed by atoms with E-state index >= 15 is 0 Å². The van der Waals surface area contributed by atoms with Crippen molar-refractivity contribution in [3.05, 3.63) is 109 Å². The van der Waals surface area contributed by atoms with Gasteiger partial charge in [0.05, 0.1) is 0 Å². The summed E-state index contributed by atoms with van der Waals surface area (Å²) in [6.07, 6.45) is 0. The van der Waals surface area contributed by atoms with Crippen molar-refractivity contribution in [2.24, 2.45) is 0 Å². The summed E-state index contributed by atoms with van der Waals surface area (Å²) in [6.45, 7) is 2.16. The van der Waals surface area contributed by atoms with Crippen LogP contribution in [0, 0.1) is 6.92 Å². The largest absolute Gasteiger partial charge is 0.0622 e. The van der Waals surface area contributed by atoms with E-state index < -0.39 is 0 Å². The van der Waals surface area contributed by atoms with Gasteiger partial charge < -0.3 is 0 Å². The van der Waals surface area contributed by atoms with E-state index in [2.05, 4.69) is 104 Å². The minimum absolute atomic E-state index is 1.25. The summed E-state index contributed by atoms with van der Waals surface area (Å²) in [6, 6.07) is 36.6. The van der Waals surface area contributed by atoms with Gasteiger partial charge in [0, 0.05) is 0 Å². The molecule has 0 saturated heterocycles. The highest BCUT2D eigenvalue weighted by molar-refractivity contribution is 5.74. The lowest BCUT2D eigenvalue weighted by Gasteiger charge is -2.08. The molecule has 0 aliphatic heterocycles. The average molecular weight is 320 g/mol. The SMILES string of the molecule is Cc1ccccc1-c1ccc(-c2ccc(-c3ccccc3)cc2)cc1. The molecular weight excluding hydrogens is 300 g/mol. The maximum atomic E-state index is 2.21. The molecule has 0 radical (unpaired) electrons. The third-order valence-electron chi connectivity index (χ3n) is 4.67. The molecule has 0 aliphatic carbocycles. The third kappa shape index (κ3) is 3.25. The predicted molar refractivity (Wildman–Crippen MR) is 107 cm³/mol. The molecule has 0 aliphatic rings. The second-order valence-corrected chi connectivity index (χ2v) is 6.34. The van der Waals surface area contributed by atoms with Crippen LogP contribution in [0.15, 0.2) is 103 Å². The number of aryl methyl sites for hydroxylation is 1. The molecule has 0 spiro atoms. The van der Waals surface area contributed by atoms with E-state index in [4.69, 9.17) is 0 Å². The standard InChI is InChI=1S/C25H20/c1-19-7-5-6-10-25(19)24-17-15-23(16-18-24)22-13-11-21(12-14-22)20-8-3-2-4-9-20/h2-18H,1H3. The Bertz CT molecular complexity index is 962. The Morgan fingerprint density at radius 2 is 0.760 bits per heavy atom. The van der Waals surface area contributed by atoms with Crippen LogP contribution in [0.3, 0.4) is 0 Å². The molecule has 4 rings (SSSR count). The fraction of sp³-hybridized carbons (Fsp3) is 0.0400. The van der Waals surface area contributed by atoms with Crippen molar-refractivity contribution in [2.75, 3.05) is 0 Å². The van der Waals surface area contributed by atoms with Gasteiger partial charge in [0.1, 0.15) is 0 Å². The quantitative estimate of drug-likeness (QED) is 0.381. The van der Waals surface area contributed by atoms with Gasteiger partial charge in [-0.3, -0.25) is 0 Å². The van der Waals surface area contributed by atoms with E-state index in [1.165, 1.54) is 38.9 Å². The Balaban J connectivity index is 1.61. The lowest BCUT2D eigenvalue weighted by atomic mass is 9.96. The van der Waals surface area contributed by atoms with Crippen molar-refractivity contribution in [1.29, 1.82) is 0 Å². The van der Waals surface area contributed by atoms with E-state index in [1.54, 1.807) is 0 Å². The van der Waals surface area contributed by atoms with Gasteiger partial charge in [0.15, 0.2) is 0 Å². The summed E-state index contributed by atoms with van der Waals surface area (Å²) in [5.74, 6) is 0. The molecule has 0 fully saturated rings. The molecule has 0 nitrogen and oxygen atoms in total. The van der Waals surface area contributed by atoms with Gasteiger partial charge in [-0.2, -0.15) is 0 Å². The average Bonchev–Trinajstić information content (AvgIpc) is 2.69. The molecule has 120 valence electrons. The van der Waals surface area contributed by atoms with Gasteiger partial charge in [0.2, 0.25) is 0 Å². The van der Waals surface area contributed by atoms with Crippen LogP contribution in [0.2, 0.25) is 0 Å². The van der Waals surface area contributed by atoms with Crippen molar-refractivity contribution in [3.8, 4) is 33.4 Å². The summed E-state index contributed by atoms with van der Waals surface area (Å²) in [7, 11) is 0. The topological polar surface area (TPSA) is 0 Å². The molecule has 0 aromatic heterocycles. The smallest absolute Gasteiger partial charge is 0.0155 e. The van der Waals surface area contributed by atoms with Crippen LogP contribution in [0.5, 0.6) is 0 Å². The molecule has 25 heavy (non-hydrogen) atoms. The Kier molecular flexibility index (Phi) is 4.18. The fourth-order valence-corrected chi connectivity index (χ4v) is 3.22. The van der Waals surface area contributed by atoms with Crippen molar-refractivity contribution in [3.63, 3.8) is 0 Å². The monoisotopic (exact) mass is 320 g/mol. The van der Waals surface area contributed by atoms with Gasteiger partial charge >= 0.3 is 0 Å². The first kappa shape index (κ1) is 15.4. The lowest BCUT2D eigenvalue weighted by molar-refractivity contribution is 1.46. The minimum Gasteiger partial charge on any atom is -0.0622 e. The predicted octanol–water partition coefficient (Wildman–Crippen LogP) is 7.00. The Hall–Kier alpha value is -3.12. The summed E-state index contributed by atoms with van der Waals surface area (Å²) >= 11 is 0. The summed E-state index contributed by atoms with van der Waals surface area (Å²) in [4.78, 5) is 0. The highest BCUT2D eigenvalue weighted by atomic mass is 14.1. The number of hydrogen-bond donors (Lipinski definition) is 0. The van der Waals surface area contributed by atoms with Crippen molar-refractivity contribution in [2.45, 2.75) is 6.92 Å². The van der Waals surface area contributed by atoms with Gasteiger partial charge in [-0.25, -0.2) is 0 Å². The number of hydrogen-bond acceptors (Lipinski definition) is 0. The van der Waals surface area contributed by atoms with E-state index in [9.17, 15) is 0 Å². The molecule has 0 amide bonds. The number of benzene rings is 4. The summed E-state index contributed by atoms with van der Waals surface area (Å²) in [5, 5.41) is 0. The van der Waals surface area contributed by atoms with E-state index in [-0.39, 0.29) is 0 Å². The zero-order chi connectivity index (χ0) is 17.1.